The van der Waals surface area contributed by atoms with Gasteiger partial charge in [-0.15, -0.1) is 5.10 Å². The van der Waals surface area contributed by atoms with Crippen molar-refractivity contribution in [2.24, 2.45) is 7.05 Å². The van der Waals surface area contributed by atoms with Crippen molar-refractivity contribution in [2.45, 2.75) is 18.6 Å². The quantitative estimate of drug-likeness (QED) is 0.912. The van der Waals surface area contributed by atoms with Crippen LogP contribution < -0.4 is 5.32 Å². The molecule has 3 rings (SSSR count). The van der Waals surface area contributed by atoms with Crippen LogP contribution in [0.15, 0.2) is 24.3 Å². The van der Waals surface area contributed by atoms with E-state index in [1.165, 1.54) is 4.68 Å². The molecule has 1 aromatic carbocycles. The zero-order valence-corrected chi connectivity index (χ0v) is 12.8. The Kier molecular flexibility index (Phi) is 4.12. The third-order valence-corrected chi connectivity index (χ3v) is 3.75. The van der Waals surface area contributed by atoms with Crippen LogP contribution in [-0.2, 0) is 11.8 Å². The third kappa shape index (κ3) is 3.47. The summed E-state index contributed by atoms with van der Waals surface area (Å²) in [6, 6.07) is 6.40. The fourth-order valence-electron chi connectivity index (χ4n) is 2.67. The predicted molar refractivity (Wildman–Crippen MR) is 78.9 cm³/mol. The molecule has 2 heterocycles. The second-order valence-corrected chi connectivity index (χ2v) is 5.57. The number of tetrazole rings is 1. The summed E-state index contributed by atoms with van der Waals surface area (Å²) < 4.78 is 38.8. The minimum atomic E-state index is -4.39. The second-order valence-electron chi connectivity index (χ2n) is 5.57. The van der Waals surface area contributed by atoms with Crippen LogP contribution >= 0.6 is 0 Å². The van der Waals surface area contributed by atoms with E-state index in [-0.39, 0.29) is 6.54 Å². The molecule has 1 aliphatic heterocycles. The van der Waals surface area contributed by atoms with E-state index < -0.39 is 24.7 Å². The lowest BCUT2D eigenvalue weighted by atomic mass is 10.1. The van der Waals surface area contributed by atoms with Gasteiger partial charge in [-0.2, -0.15) is 13.2 Å². The van der Waals surface area contributed by atoms with Crippen molar-refractivity contribution in [2.75, 3.05) is 18.4 Å². The molecule has 24 heavy (non-hydrogen) atoms. The van der Waals surface area contributed by atoms with Crippen molar-refractivity contribution < 1.29 is 18.0 Å². The van der Waals surface area contributed by atoms with E-state index in [2.05, 4.69) is 20.8 Å². The molecule has 0 spiro atoms. The topological polar surface area (TPSA) is 75.9 Å². The van der Waals surface area contributed by atoms with Gasteiger partial charge in [0, 0.05) is 24.8 Å². The van der Waals surface area contributed by atoms with Crippen LogP contribution in [0.3, 0.4) is 0 Å². The highest BCUT2D eigenvalue weighted by Crippen LogP contribution is 2.24. The molecular formula is C14H15F3N6O. The van der Waals surface area contributed by atoms with E-state index in [9.17, 15) is 18.0 Å². The number of carbonyl (C=O) groups is 1. The minimum Gasteiger partial charge on any atom is -0.374 e. The van der Waals surface area contributed by atoms with Crippen molar-refractivity contribution in [3.63, 3.8) is 0 Å². The van der Waals surface area contributed by atoms with Crippen LogP contribution in [0.5, 0.6) is 0 Å². The van der Waals surface area contributed by atoms with Gasteiger partial charge in [0.15, 0.2) is 5.82 Å². The smallest absolute Gasteiger partial charge is 0.374 e. The number of amides is 1. The second kappa shape index (κ2) is 6.10. The minimum absolute atomic E-state index is 0.0862. The van der Waals surface area contributed by atoms with E-state index >= 15 is 0 Å². The number of carbonyl (C=O) groups excluding carboxylic acids is 1. The maximum Gasteiger partial charge on any atom is 0.406 e. The van der Waals surface area contributed by atoms with Gasteiger partial charge in [0.1, 0.15) is 12.6 Å². The Labute approximate surface area is 135 Å². The number of rotatable bonds is 4. The molecule has 0 radical (unpaired) electrons. The molecule has 1 fully saturated rings. The number of nitrogens with zero attached hydrogens (tertiary/aromatic N) is 5. The number of nitrogens with one attached hydrogen (secondary N) is 1. The van der Waals surface area contributed by atoms with Crippen molar-refractivity contribution in [1.29, 1.82) is 0 Å². The van der Waals surface area contributed by atoms with Gasteiger partial charge in [-0.3, -0.25) is 4.79 Å². The Balaban J connectivity index is 1.71. The largest absolute Gasteiger partial charge is 0.406 e. The van der Waals surface area contributed by atoms with E-state index in [1.54, 1.807) is 25.2 Å². The summed E-state index contributed by atoms with van der Waals surface area (Å²) in [6.45, 7) is -1.13. The number of hydrogen-bond donors (Lipinski definition) is 1. The van der Waals surface area contributed by atoms with Crippen LogP contribution in [0.25, 0.3) is 11.4 Å². The fraction of sp³-hybridized carbons (Fsp3) is 0.429. The Bertz CT molecular complexity index is 744. The molecule has 0 aliphatic carbocycles. The fourth-order valence-corrected chi connectivity index (χ4v) is 2.67. The summed E-state index contributed by atoms with van der Waals surface area (Å²) in [6.07, 6.45) is -4.06. The maximum atomic E-state index is 12.4. The highest BCUT2D eigenvalue weighted by atomic mass is 19.4. The first-order chi connectivity index (χ1) is 11.3. The molecule has 1 saturated heterocycles. The first-order valence-electron chi connectivity index (χ1n) is 7.28. The summed E-state index contributed by atoms with van der Waals surface area (Å²) in [7, 11) is 1.70. The average molecular weight is 340 g/mol. The number of hydrogen-bond acceptors (Lipinski definition) is 5. The maximum absolute atomic E-state index is 12.4. The first-order valence-corrected chi connectivity index (χ1v) is 7.28. The van der Waals surface area contributed by atoms with E-state index in [0.717, 1.165) is 10.5 Å². The summed E-state index contributed by atoms with van der Waals surface area (Å²) in [5.74, 6) is 0.00755. The highest BCUT2D eigenvalue weighted by molar-refractivity contribution is 5.87. The van der Waals surface area contributed by atoms with Crippen molar-refractivity contribution in [3.8, 4) is 11.4 Å². The van der Waals surface area contributed by atoms with Gasteiger partial charge in [0.2, 0.25) is 5.91 Å². The molecule has 0 unspecified atom stereocenters. The lowest BCUT2D eigenvalue weighted by molar-refractivity contribution is -0.157. The Morgan fingerprint density at radius 1 is 1.38 bits per heavy atom. The number of anilines is 1. The molecule has 10 heteroatoms. The number of aryl methyl sites for hydroxylation is 1. The molecule has 0 bridgehead atoms. The number of likely N-dealkylation sites (tertiary alicyclic amines) is 1. The van der Waals surface area contributed by atoms with Crippen LogP contribution in [0.1, 0.15) is 6.42 Å². The van der Waals surface area contributed by atoms with Crippen molar-refractivity contribution in [1.82, 2.24) is 25.1 Å². The molecule has 0 saturated carbocycles. The zero-order valence-electron chi connectivity index (χ0n) is 12.8. The van der Waals surface area contributed by atoms with Gasteiger partial charge < -0.3 is 10.2 Å². The summed E-state index contributed by atoms with van der Waals surface area (Å²) in [5.41, 5.74) is 1.37. The van der Waals surface area contributed by atoms with Crippen LogP contribution in [-0.4, -0.2) is 56.3 Å². The van der Waals surface area contributed by atoms with Crippen molar-refractivity contribution in [3.05, 3.63) is 24.3 Å². The van der Waals surface area contributed by atoms with Gasteiger partial charge in [-0.05, 0) is 29.0 Å². The van der Waals surface area contributed by atoms with E-state index in [1.807, 2.05) is 6.07 Å². The van der Waals surface area contributed by atoms with Crippen LogP contribution in [0.2, 0.25) is 0 Å². The van der Waals surface area contributed by atoms with E-state index in [0.29, 0.717) is 17.9 Å². The number of aromatic nitrogens is 4. The average Bonchev–Trinajstić information content (AvgIpc) is 3.07. The predicted octanol–water partition coefficient (Wildman–Crippen LogP) is 1.45. The molecule has 1 N–H and O–H groups in total. The lowest BCUT2D eigenvalue weighted by Crippen LogP contribution is -2.39. The Morgan fingerprint density at radius 2 is 2.17 bits per heavy atom. The highest BCUT2D eigenvalue weighted by Gasteiger charge is 2.39. The third-order valence-electron chi connectivity index (χ3n) is 3.75. The van der Waals surface area contributed by atoms with Crippen LogP contribution in [0, 0.1) is 0 Å². The summed E-state index contributed by atoms with van der Waals surface area (Å²) in [4.78, 5) is 12.9. The Hall–Kier alpha value is -2.65. The molecule has 2 aromatic rings. The van der Waals surface area contributed by atoms with E-state index in [4.69, 9.17) is 0 Å². The molecule has 1 atom stereocenters. The number of alkyl halides is 3. The van der Waals surface area contributed by atoms with Gasteiger partial charge in [-0.25, -0.2) is 4.68 Å². The Morgan fingerprint density at radius 3 is 2.83 bits per heavy atom. The molecule has 7 nitrogen and oxygen atoms in total. The number of halogens is 3. The lowest BCUT2D eigenvalue weighted by Gasteiger charge is -2.19. The molecule has 1 amide bonds. The monoisotopic (exact) mass is 340 g/mol. The van der Waals surface area contributed by atoms with Crippen molar-refractivity contribution >= 4 is 11.6 Å². The molecular weight excluding hydrogens is 325 g/mol. The SMILES string of the molecule is Cn1nnnc1-c1cccc(N[C@@H]2CCN(CC(F)(F)F)C2=O)c1. The normalized spacial score (nSPS) is 18.2. The van der Waals surface area contributed by atoms with Crippen LogP contribution in [0.4, 0.5) is 18.9 Å². The molecule has 128 valence electrons. The van der Waals surface area contributed by atoms with Gasteiger partial charge >= 0.3 is 6.18 Å². The first kappa shape index (κ1) is 16.2. The standard InChI is InChI=1S/C14H15F3N6O/c1-22-12(19-20-21-22)9-3-2-4-10(7-9)18-11-5-6-23(13(11)24)8-14(15,16)17/h2-4,7,11,18H,5-6,8H2,1H3/t11-/m1/s1. The molecule has 1 aromatic heterocycles. The summed E-state index contributed by atoms with van der Waals surface area (Å²) in [5, 5.41) is 14.2. The number of benzene rings is 1. The van der Waals surface area contributed by atoms with Gasteiger partial charge in [0.25, 0.3) is 0 Å². The van der Waals surface area contributed by atoms with Gasteiger partial charge in [-0.1, -0.05) is 12.1 Å². The zero-order chi connectivity index (χ0) is 17.3. The summed E-state index contributed by atoms with van der Waals surface area (Å²) >= 11 is 0. The van der Waals surface area contributed by atoms with Gasteiger partial charge in [0.05, 0.1) is 0 Å². The molecule has 1 aliphatic rings.